The summed E-state index contributed by atoms with van der Waals surface area (Å²) in [5.74, 6) is -0.663. The lowest BCUT2D eigenvalue weighted by Gasteiger charge is -2.41. The highest BCUT2D eigenvalue weighted by Crippen LogP contribution is 2.35. The molecule has 2 aliphatic heterocycles. The summed E-state index contributed by atoms with van der Waals surface area (Å²) < 4.78 is 5.16. The van der Waals surface area contributed by atoms with Gasteiger partial charge in [0.15, 0.2) is 0 Å². The minimum absolute atomic E-state index is 0.0378. The van der Waals surface area contributed by atoms with Crippen molar-refractivity contribution in [3.63, 3.8) is 0 Å². The first-order valence-corrected chi connectivity index (χ1v) is 11.5. The van der Waals surface area contributed by atoms with Gasteiger partial charge in [-0.3, -0.25) is 9.59 Å². The van der Waals surface area contributed by atoms with Crippen molar-refractivity contribution in [3.8, 4) is 0 Å². The highest BCUT2D eigenvalue weighted by molar-refractivity contribution is 5.82. The lowest BCUT2D eigenvalue weighted by molar-refractivity contribution is -0.152. The van der Waals surface area contributed by atoms with E-state index in [2.05, 4.69) is 17.4 Å². The number of nitrogens with one attached hydrogen (secondary N) is 1. The van der Waals surface area contributed by atoms with Crippen LogP contribution in [0.25, 0.3) is 0 Å². The zero-order valence-electron chi connectivity index (χ0n) is 18.9. The summed E-state index contributed by atoms with van der Waals surface area (Å²) in [5.41, 5.74) is 2.27. The Morgan fingerprint density at radius 2 is 1.90 bits per heavy atom. The number of carbonyl (C=O) groups excluding carboxylic acids is 3. The number of likely N-dealkylation sites (tertiary alicyclic amines) is 2. The molecular formula is C24H35N3O4. The molecule has 3 amide bonds. The van der Waals surface area contributed by atoms with Crippen molar-refractivity contribution in [3.05, 3.63) is 35.4 Å². The van der Waals surface area contributed by atoms with Gasteiger partial charge in [0.25, 0.3) is 0 Å². The fourth-order valence-corrected chi connectivity index (χ4v) is 4.76. The third kappa shape index (κ3) is 5.57. The minimum atomic E-state index is -0.249. The second-order valence-corrected chi connectivity index (χ2v) is 8.57. The molecule has 0 radical (unpaired) electrons. The van der Waals surface area contributed by atoms with Gasteiger partial charge in [-0.25, -0.2) is 4.79 Å². The summed E-state index contributed by atoms with van der Waals surface area (Å²) in [6.07, 6.45) is 3.03. The van der Waals surface area contributed by atoms with Gasteiger partial charge in [0, 0.05) is 26.2 Å². The number of hydrogen-bond donors (Lipinski definition) is 1. The number of aryl methyl sites for hydroxylation is 1. The molecule has 3 unspecified atom stereocenters. The van der Waals surface area contributed by atoms with Crippen molar-refractivity contribution in [1.82, 2.24) is 15.1 Å². The van der Waals surface area contributed by atoms with Crippen LogP contribution in [0.3, 0.4) is 0 Å². The van der Waals surface area contributed by atoms with Crippen molar-refractivity contribution in [2.45, 2.75) is 52.5 Å². The molecule has 1 aromatic carbocycles. The molecule has 2 aliphatic rings. The number of amides is 3. The Kier molecular flexibility index (Phi) is 7.93. The number of piperidine rings is 2. The second-order valence-electron chi connectivity index (χ2n) is 8.57. The zero-order chi connectivity index (χ0) is 22.4. The standard InChI is InChI=1S/C24H35N3O4/c1-4-25-24(30)27-16-19(11-12-21(27)18-9-6-8-17(3)14-18)22(28)26-13-7-10-20(15-26)23(29)31-5-2/h6,8-9,14,19-21H,4-5,7,10-13,15-16H2,1-3H3,(H,25,30). The lowest BCUT2D eigenvalue weighted by atomic mass is 9.87. The van der Waals surface area contributed by atoms with E-state index in [9.17, 15) is 14.4 Å². The fourth-order valence-electron chi connectivity index (χ4n) is 4.76. The van der Waals surface area contributed by atoms with Gasteiger partial charge in [0.2, 0.25) is 5.91 Å². The average Bonchev–Trinajstić information content (AvgIpc) is 2.78. The molecule has 0 aromatic heterocycles. The number of benzene rings is 1. The largest absolute Gasteiger partial charge is 0.466 e. The van der Waals surface area contributed by atoms with E-state index in [1.807, 2.05) is 30.9 Å². The molecule has 0 bridgehead atoms. The summed E-state index contributed by atoms with van der Waals surface area (Å²) in [6.45, 7) is 8.11. The number of carbonyl (C=O) groups is 3. The van der Waals surface area contributed by atoms with Crippen molar-refractivity contribution in [2.24, 2.45) is 11.8 Å². The lowest BCUT2D eigenvalue weighted by Crippen LogP contribution is -2.52. The summed E-state index contributed by atoms with van der Waals surface area (Å²) >= 11 is 0. The van der Waals surface area contributed by atoms with E-state index in [-0.39, 0.29) is 35.8 Å². The molecule has 170 valence electrons. The first kappa shape index (κ1) is 23.1. The molecule has 2 heterocycles. The highest BCUT2D eigenvalue weighted by atomic mass is 16.5. The van der Waals surface area contributed by atoms with E-state index in [0.29, 0.717) is 32.8 Å². The van der Waals surface area contributed by atoms with Crippen LogP contribution in [0.1, 0.15) is 56.7 Å². The maximum absolute atomic E-state index is 13.3. The van der Waals surface area contributed by atoms with Gasteiger partial charge in [-0.05, 0) is 52.0 Å². The van der Waals surface area contributed by atoms with Crippen molar-refractivity contribution >= 4 is 17.9 Å². The topological polar surface area (TPSA) is 79.0 Å². The van der Waals surface area contributed by atoms with Crippen LogP contribution >= 0.6 is 0 Å². The Balaban J connectivity index is 1.72. The molecule has 0 spiro atoms. The van der Waals surface area contributed by atoms with Crippen LogP contribution in [0, 0.1) is 18.8 Å². The summed E-state index contributed by atoms with van der Waals surface area (Å²) in [5, 5.41) is 2.91. The van der Waals surface area contributed by atoms with E-state index in [4.69, 9.17) is 4.74 Å². The van der Waals surface area contributed by atoms with Crippen LogP contribution in [-0.4, -0.2) is 60.5 Å². The smallest absolute Gasteiger partial charge is 0.317 e. The summed E-state index contributed by atoms with van der Waals surface area (Å²) in [6, 6.07) is 8.07. The molecule has 2 saturated heterocycles. The molecule has 31 heavy (non-hydrogen) atoms. The van der Waals surface area contributed by atoms with Crippen LogP contribution in [0.2, 0.25) is 0 Å². The average molecular weight is 430 g/mol. The van der Waals surface area contributed by atoms with Gasteiger partial charge in [-0.2, -0.15) is 0 Å². The number of nitrogens with zero attached hydrogens (tertiary/aromatic N) is 2. The molecule has 3 atom stereocenters. The van der Waals surface area contributed by atoms with E-state index in [1.54, 1.807) is 11.8 Å². The molecule has 1 aromatic rings. The monoisotopic (exact) mass is 429 g/mol. The van der Waals surface area contributed by atoms with E-state index >= 15 is 0 Å². The van der Waals surface area contributed by atoms with Gasteiger partial charge in [-0.15, -0.1) is 0 Å². The number of hydrogen-bond acceptors (Lipinski definition) is 4. The van der Waals surface area contributed by atoms with Crippen LogP contribution in [-0.2, 0) is 14.3 Å². The Labute approximate surface area is 185 Å². The normalized spacial score (nSPS) is 23.9. The number of ether oxygens (including phenoxy) is 1. The van der Waals surface area contributed by atoms with Crippen molar-refractivity contribution in [1.29, 1.82) is 0 Å². The van der Waals surface area contributed by atoms with Crippen LogP contribution < -0.4 is 5.32 Å². The Morgan fingerprint density at radius 1 is 1.10 bits per heavy atom. The third-order valence-corrected chi connectivity index (χ3v) is 6.30. The highest BCUT2D eigenvalue weighted by Gasteiger charge is 2.39. The molecule has 1 N–H and O–H groups in total. The summed E-state index contributed by atoms with van der Waals surface area (Å²) in [4.78, 5) is 42.0. The number of urea groups is 1. The van der Waals surface area contributed by atoms with E-state index in [1.165, 1.54) is 0 Å². The molecule has 7 nitrogen and oxygen atoms in total. The predicted molar refractivity (Wildman–Crippen MR) is 118 cm³/mol. The molecule has 0 aliphatic carbocycles. The number of esters is 1. The van der Waals surface area contributed by atoms with Gasteiger partial charge in [0.1, 0.15) is 0 Å². The second kappa shape index (κ2) is 10.6. The SMILES string of the molecule is CCNC(=O)N1CC(C(=O)N2CCCC(C(=O)OCC)C2)CCC1c1cccc(C)c1. The molecule has 0 saturated carbocycles. The summed E-state index contributed by atoms with van der Waals surface area (Å²) in [7, 11) is 0. The van der Waals surface area contributed by atoms with Crippen LogP contribution in [0.15, 0.2) is 24.3 Å². The first-order chi connectivity index (χ1) is 14.9. The molecule has 7 heteroatoms. The fraction of sp³-hybridized carbons (Fsp3) is 0.625. The zero-order valence-corrected chi connectivity index (χ0v) is 18.9. The van der Waals surface area contributed by atoms with E-state index in [0.717, 1.165) is 36.8 Å². The minimum Gasteiger partial charge on any atom is -0.466 e. The first-order valence-electron chi connectivity index (χ1n) is 11.5. The van der Waals surface area contributed by atoms with Gasteiger partial charge >= 0.3 is 12.0 Å². The van der Waals surface area contributed by atoms with Crippen LogP contribution in [0.4, 0.5) is 4.79 Å². The molecular weight excluding hydrogens is 394 g/mol. The van der Waals surface area contributed by atoms with Crippen molar-refractivity contribution < 1.29 is 19.1 Å². The molecule has 3 rings (SSSR count). The quantitative estimate of drug-likeness (QED) is 0.729. The van der Waals surface area contributed by atoms with Gasteiger partial charge in [0.05, 0.1) is 24.5 Å². The number of rotatable bonds is 5. The third-order valence-electron chi connectivity index (χ3n) is 6.30. The van der Waals surface area contributed by atoms with Gasteiger partial charge in [-0.1, -0.05) is 29.8 Å². The predicted octanol–water partition coefficient (Wildman–Crippen LogP) is 3.28. The van der Waals surface area contributed by atoms with E-state index < -0.39 is 0 Å². The Bertz CT molecular complexity index is 797. The maximum Gasteiger partial charge on any atom is 0.317 e. The molecule has 2 fully saturated rings. The Morgan fingerprint density at radius 3 is 2.61 bits per heavy atom. The van der Waals surface area contributed by atoms with Crippen molar-refractivity contribution in [2.75, 3.05) is 32.8 Å². The van der Waals surface area contributed by atoms with Gasteiger partial charge < -0.3 is 19.9 Å². The van der Waals surface area contributed by atoms with Crippen LogP contribution in [0.5, 0.6) is 0 Å². The maximum atomic E-state index is 13.3. The Hall–Kier alpha value is -2.57.